The highest BCUT2D eigenvalue weighted by atomic mass is 32.2. The molecule has 0 bridgehead atoms. The van der Waals surface area contributed by atoms with Gasteiger partial charge in [-0.25, -0.2) is 13.4 Å². The van der Waals surface area contributed by atoms with Crippen LogP contribution in [0.5, 0.6) is 0 Å². The highest BCUT2D eigenvalue weighted by Crippen LogP contribution is 2.11. The van der Waals surface area contributed by atoms with Gasteiger partial charge in [0.05, 0.1) is 11.4 Å². The summed E-state index contributed by atoms with van der Waals surface area (Å²) in [5.41, 5.74) is 0.983. The highest BCUT2D eigenvalue weighted by Gasteiger charge is 2.06. The van der Waals surface area contributed by atoms with Crippen molar-refractivity contribution in [3.63, 3.8) is 0 Å². The smallest absolute Gasteiger partial charge is 0.191 e. The van der Waals surface area contributed by atoms with Gasteiger partial charge in [-0.2, -0.15) is 0 Å². The zero-order chi connectivity index (χ0) is 17.3. The van der Waals surface area contributed by atoms with Crippen molar-refractivity contribution < 1.29 is 8.42 Å². The van der Waals surface area contributed by atoms with Gasteiger partial charge in [-0.3, -0.25) is 0 Å². The predicted molar refractivity (Wildman–Crippen MR) is 96.4 cm³/mol. The minimum Gasteiger partial charge on any atom is -0.357 e. The molecule has 0 radical (unpaired) electrons. The fraction of sp³-hybridized carbons (Fsp3) is 0.588. The van der Waals surface area contributed by atoms with Crippen LogP contribution in [0.4, 0.5) is 0 Å². The third-order valence-corrected chi connectivity index (χ3v) is 4.49. The lowest BCUT2D eigenvalue weighted by Gasteiger charge is -2.12. The van der Waals surface area contributed by atoms with E-state index in [-0.39, 0.29) is 0 Å². The van der Waals surface area contributed by atoms with Crippen molar-refractivity contribution in [3.8, 4) is 0 Å². The second-order valence-electron chi connectivity index (χ2n) is 6.07. The zero-order valence-electron chi connectivity index (χ0n) is 14.6. The summed E-state index contributed by atoms with van der Waals surface area (Å²) in [4.78, 5) is 4.87. The predicted octanol–water partition coefficient (Wildman–Crippen LogP) is 2.58. The molecule has 0 saturated carbocycles. The van der Waals surface area contributed by atoms with Crippen LogP contribution in [0, 0.1) is 5.92 Å². The van der Waals surface area contributed by atoms with Crippen molar-refractivity contribution in [1.29, 1.82) is 0 Å². The number of nitrogens with zero attached hydrogens (tertiary/aromatic N) is 1. The van der Waals surface area contributed by atoms with Crippen LogP contribution in [0.2, 0.25) is 0 Å². The maximum atomic E-state index is 11.4. The van der Waals surface area contributed by atoms with Crippen LogP contribution in [0.25, 0.3) is 0 Å². The summed E-state index contributed by atoms with van der Waals surface area (Å²) >= 11 is 0. The number of guanidine groups is 1. The average Bonchev–Trinajstić information content (AvgIpc) is 2.48. The maximum absolute atomic E-state index is 11.4. The molecule has 1 aromatic rings. The van der Waals surface area contributed by atoms with E-state index in [9.17, 15) is 8.42 Å². The Balaban J connectivity index is 2.59. The van der Waals surface area contributed by atoms with E-state index in [0.29, 0.717) is 17.4 Å². The lowest BCUT2D eigenvalue weighted by Crippen LogP contribution is -2.37. The van der Waals surface area contributed by atoms with Crippen molar-refractivity contribution in [2.45, 2.75) is 45.1 Å². The first-order valence-corrected chi connectivity index (χ1v) is 10.0. The van der Waals surface area contributed by atoms with Crippen molar-refractivity contribution >= 4 is 15.8 Å². The summed E-state index contributed by atoms with van der Waals surface area (Å²) < 4.78 is 22.9. The quantitative estimate of drug-likeness (QED) is 0.434. The molecule has 0 aromatic heterocycles. The largest absolute Gasteiger partial charge is 0.357 e. The first-order chi connectivity index (χ1) is 10.8. The monoisotopic (exact) mass is 339 g/mol. The normalized spacial score (nSPS) is 12.5. The Morgan fingerprint density at radius 3 is 2.35 bits per heavy atom. The maximum Gasteiger partial charge on any atom is 0.191 e. The molecular formula is C17H29N3O2S. The van der Waals surface area contributed by atoms with Gasteiger partial charge >= 0.3 is 0 Å². The Morgan fingerprint density at radius 1 is 1.17 bits per heavy atom. The van der Waals surface area contributed by atoms with Gasteiger partial charge in [0.1, 0.15) is 0 Å². The van der Waals surface area contributed by atoms with Crippen LogP contribution in [0.15, 0.2) is 34.2 Å². The summed E-state index contributed by atoms with van der Waals surface area (Å²) in [6.07, 6.45) is 3.52. The Morgan fingerprint density at radius 2 is 1.83 bits per heavy atom. The Labute approximate surface area is 140 Å². The summed E-state index contributed by atoms with van der Waals surface area (Å²) in [6.45, 7) is 8.70. The number of sulfone groups is 1. The number of aliphatic imine (C=N–C) groups is 1. The average molecular weight is 340 g/mol. The van der Waals surface area contributed by atoms with Gasteiger partial charge in [0.2, 0.25) is 0 Å². The van der Waals surface area contributed by atoms with Crippen LogP contribution in [-0.2, 0) is 16.4 Å². The van der Waals surface area contributed by atoms with Gasteiger partial charge in [-0.05, 0) is 43.4 Å². The summed E-state index contributed by atoms with van der Waals surface area (Å²) in [5, 5.41) is 6.54. The molecule has 6 heteroatoms. The van der Waals surface area contributed by atoms with Crippen molar-refractivity contribution in [1.82, 2.24) is 10.6 Å². The number of hydrogen-bond donors (Lipinski definition) is 2. The van der Waals surface area contributed by atoms with Crippen LogP contribution >= 0.6 is 0 Å². The van der Waals surface area contributed by atoms with E-state index in [4.69, 9.17) is 0 Å². The molecule has 1 aromatic carbocycles. The molecule has 23 heavy (non-hydrogen) atoms. The number of nitrogens with one attached hydrogen (secondary N) is 2. The first kappa shape index (κ1) is 19.5. The van der Waals surface area contributed by atoms with E-state index < -0.39 is 9.84 Å². The molecule has 0 aliphatic heterocycles. The van der Waals surface area contributed by atoms with Gasteiger partial charge in [0.15, 0.2) is 15.8 Å². The summed E-state index contributed by atoms with van der Waals surface area (Å²) in [5.74, 6) is 1.51. The SMILES string of the molecule is CCNC(=NCc1ccc(S(C)(=O)=O)cc1)NCCCC(C)C. The highest BCUT2D eigenvalue weighted by molar-refractivity contribution is 7.90. The van der Waals surface area contributed by atoms with Crippen LogP contribution in [-0.4, -0.2) is 33.7 Å². The molecule has 0 aliphatic carbocycles. The minimum absolute atomic E-state index is 0.337. The van der Waals surface area contributed by atoms with Gasteiger partial charge in [0, 0.05) is 19.3 Å². The molecule has 0 saturated heterocycles. The second-order valence-corrected chi connectivity index (χ2v) is 8.09. The molecule has 0 aliphatic rings. The summed E-state index contributed by atoms with van der Waals surface area (Å²) in [6, 6.07) is 6.87. The molecule has 130 valence electrons. The van der Waals surface area contributed by atoms with Crippen molar-refractivity contribution in [3.05, 3.63) is 29.8 Å². The van der Waals surface area contributed by atoms with Crippen molar-refractivity contribution in [2.24, 2.45) is 10.9 Å². The van der Waals surface area contributed by atoms with E-state index in [2.05, 4.69) is 29.5 Å². The van der Waals surface area contributed by atoms with E-state index >= 15 is 0 Å². The van der Waals surface area contributed by atoms with E-state index in [1.807, 2.05) is 19.1 Å². The minimum atomic E-state index is -3.14. The molecule has 5 nitrogen and oxygen atoms in total. The van der Waals surface area contributed by atoms with Gasteiger partial charge in [-0.15, -0.1) is 0 Å². The van der Waals surface area contributed by atoms with Gasteiger partial charge in [0.25, 0.3) is 0 Å². The van der Waals surface area contributed by atoms with Crippen molar-refractivity contribution in [2.75, 3.05) is 19.3 Å². The van der Waals surface area contributed by atoms with Gasteiger partial charge in [-0.1, -0.05) is 26.0 Å². The molecule has 1 rings (SSSR count). The third kappa shape index (κ3) is 8.02. The molecule has 0 spiro atoms. The van der Waals surface area contributed by atoms with E-state index in [1.165, 1.54) is 12.7 Å². The topological polar surface area (TPSA) is 70.6 Å². The number of benzene rings is 1. The molecule has 2 N–H and O–H groups in total. The Hall–Kier alpha value is -1.56. The van der Waals surface area contributed by atoms with Crippen LogP contribution in [0.1, 0.15) is 39.2 Å². The van der Waals surface area contributed by atoms with E-state index in [1.54, 1.807) is 12.1 Å². The Bertz CT molecular complexity index is 593. The fourth-order valence-electron chi connectivity index (χ4n) is 2.07. The molecular weight excluding hydrogens is 310 g/mol. The molecule has 0 unspecified atom stereocenters. The summed E-state index contributed by atoms with van der Waals surface area (Å²) in [7, 11) is -3.14. The lowest BCUT2D eigenvalue weighted by molar-refractivity contribution is 0.549. The third-order valence-electron chi connectivity index (χ3n) is 3.37. The van der Waals surface area contributed by atoms with Crippen LogP contribution in [0.3, 0.4) is 0 Å². The first-order valence-electron chi connectivity index (χ1n) is 8.14. The number of rotatable bonds is 8. The standard InChI is InChI=1S/C17H29N3O2S/c1-5-18-17(19-12-6-7-14(2)3)20-13-15-8-10-16(11-9-15)23(4,21)22/h8-11,14H,5-7,12-13H2,1-4H3,(H2,18,19,20). The number of hydrogen-bond acceptors (Lipinski definition) is 3. The van der Waals surface area contributed by atoms with E-state index in [0.717, 1.165) is 31.0 Å². The zero-order valence-corrected chi connectivity index (χ0v) is 15.4. The van der Waals surface area contributed by atoms with Gasteiger partial charge < -0.3 is 10.6 Å². The van der Waals surface area contributed by atoms with Crippen LogP contribution < -0.4 is 10.6 Å². The molecule has 0 atom stereocenters. The molecule has 0 heterocycles. The molecule has 0 amide bonds. The Kier molecular flexibility index (Phi) is 8.09. The molecule has 0 fully saturated rings. The lowest BCUT2D eigenvalue weighted by atomic mass is 10.1. The second kappa shape index (κ2) is 9.55. The fourth-order valence-corrected chi connectivity index (χ4v) is 2.70.